The second-order valence-electron chi connectivity index (χ2n) is 8.63. The van der Waals surface area contributed by atoms with E-state index in [0.29, 0.717) is 38.9 Å². The fraction of sp³-hybridized carbons (Fsp3) is 0.0690. The summed E-state index contributed by atoms with van der Waals surface area (Å²) in [7, 11) is 0. The van der Waals surface area contributed by atoms with Gasteiger partial charge in [0.1, 0.15) is 5.75 Å². The zero-order valence-corrected chi connectivity index (χ0v) is 20.1. The number of carbonyl (C=O) groups is 1. The van der Waals surface area contributed by atoms with Gasteiger partial charge in [-0.3, -0.25) is 5.73 Å². The molecule has 2 aromatic heterocycles. The molecule has 1 atom stereocenters. The van der Waals surface area contributed by atoms with Gasteiger partial charge in [0.2, 0.25) is 5.88 Å². The third kappa shape index (κ3) is 5.23. The Hall–Kier alpha value is -4.96. The van der Waals surface area contributed by atoms with Crippen LogP contribution in [0, 0.1) is 0 Å². The maximum absolute atomic E-state index is 12.6. The highest BCUT2D eigenvalue weighted by Gasteiger charge is 2.42. The Bertz CT molecular complexity index is 1660. The number of hydrogen-bond acceptors (Lipinski definition) is 7. The quantitative estimate of drug-likeness (QED) is 0.185. The molecule has 7 nitrogen and oxygen atoms in total. The minimum atomic E-state index is -5.16. The number of halogens is 3. The molecule has 0 saturated carbocycles. The van der Waals surface area contributed by atoms with Gasteiger partial charge >= 0.3 is 12.1 Å². The van der Waals surface area contributed by atoms with Gasteiger partial charge in [-0.1, -0.05) is 66.7 Å². The first-order valence-corrected chi connectivity index (χ1v) is 11.6. The summed E-state index contributed by atoms with van der Waals surface area (Å²) < 4.78 is 42.1. The van der Waals surface area contributed by atoms with Gasteiger partial charge in [0.05, 0.1) is 16.6 Å². The molecule has 5 aromatic rings. The van der Waals surface area contributed by atoms with Gasteiger partial charge in [0.25, 0.3) is 0 Å². The molecule has 2 heterocycles. The number of alkyl halides is 3. The first kappa shape index (κ1) is 25.7. The van der Waals surface area contributed by atoms with Crippen molar-refractivity contribution in [2.75, 3.05) is 0 Å². The lowest BCUT2D eigenvalue weighted by atomic mass is 9.95. The number of pyridine rings is 2. The molecule has 0 aliphatic heterocycles. The number of carbonyl (C=O) groups excluding carboxylic acids is 1. The number of esters is 1. The Kier molecular flexibility index (Phi) is 6.63. The van der Waals surface area contributed by atoms with Gasteiger partial charge in [-0.25, -0.2) is 14.8 Å². The van der Waals surface area contributed by atoms with Crippen molar-refractivity contribution in [3.05, 3.63) is 96.7 Å². The average molecular weight is 531 g/mol. The van der Waals surface area contributed by atoms with E-state index < -0.39 is 18.4 Å². The summed E-state index contributed by atoms with van der Waals surface area (Å²) in [5.74, 6) is -2.50. The third-order valence-corrected chi connectivity index (χ3v) is 6.08. The Morgan fingerprint density at radius 1 is 0.846 bits per heavy atom. The minimum absolute atomic E-state index is 0.0917. The molecule has 5 rings (SSSR count). The van der Waals surface area contributed by atoms with Crippen LogP contribution in [-0.2, 0) is 9.53 Å². The Labute approximate surface area is 220 Å². The lowest BCUT2D eigenvalue weighted by Crippen LogP contribution is -2.29. The van der Waals surface area contributed by atoms with Gasteiger partial charge in [-0.2, -0.15) is 13.2 Å². The lowest BCUT2D eigenvalue weighted by Gasteiger charge is -2.16. The number of phenols is 1. The van der Waals surface area contributed by atoms with Crippen molar-refractivity contribution in [1.29, 1.82) is 0 Å². The van der Waals surface area contributed by atoms with Crippen molar-refractivity contribution >= 4 is 16.9 Å². The van der Waals surface area contributed by atoms with Crippen LogP contribution in [0.3, 0.4) is 0 Å². The van der Waals surface area contributed by atoms with Crippen LogP contribution in [0.4, 0.5) is 13.2 Å². The van der Waals surface area contributed by atoms with Crippen LogP contribution >= 0.6 is 0 Å². The van der Waals surface area contributed by atoms with E-state index >= 15 is 0 Å². The van der Waals surface area contributed by atoms with Gasteiger partial charge in [0, 0.05) is 28.5 Å². The van der Waals surface area contributed by atoms with Crippen LogP contribution < -0.4 is 5.73 Å². The predicted octanol–water partition coefficient (Wildman–Crippen LogP) is 6.10. The molecule has 4 N–H and O–H groups in total. The molecule has 196 valence electrons. The molecule has 0 amide bonds. The van der Waals surface area contributed by atoms with Crippen molar-refractivity contribution < 1.29 is 32.9 Å². The second kappa shape index (κ2) is 10.1. The maximum atomic E-state index is 12.6. The van der Waals surface area contributed by atoms with E-state index in [1.54, 1.807) is 30.3 Å². The van der Waals surface area contributed by atoms with Crippen LogP contribution in [0.1, 0.15) is 11.8 Å². The SMILES string of the molecule is NC(OC(=O)C(F)(F)F)c1ccc(-c2nc3c(-c4ccc(O)cc4)cnc(O)c3cc2-c2ccccc2)cc1. The van der Waals surface area contributed by atoms with E-state index in [2.05, 4.69) is 9.72 Å². The maximum Gasteiger partial charge on any atom is 0.490 e. The van der Waals surface area contributed by atoms with Crippen molar-refractivity contribution in [2.45, 2.75) is 12.4 Å². The standard InChI is InChI=1S/C29H20F3N3O4/c30-29(31,32)28(38)39-26(33)19-8-6-18(7-9-19)24-21(16-4-2-1-3-5-16)14-22-25(35-24)23(15-34-27(22)37)17-10-12-20(36)13-11-17/h1-15,26,36H,33H2,(H,34,37). The molecule has 0 aliphatic carbocycles. The number of nitrogens with zero attached hydrogens (tertiary/aromatic N) is 2. The van der Waals surface area contributed by atoms with E-state index in [4.69, 9.17) is 10.7 Å². The highest BCUT2D eigenvalue weighted by Crippen LogP contribution is 2.39. The number of phenolic OH excluding ortho intramolecular Hbond substituents is 1. The van der Waals surface area contributed by atoms with Crippen LogP contribution in [0.5, 0.6) is 11.6 Å². The normalized spacial score (nSPS) is 12.3. The fourth-order valence-electron chi connectivity index (χ4n) is 4.14. The smallest absolute Gasteiger partial charge is 0.490 e. The third-order valence-electron chi connectivity index (χ3n) is 6.08. The number of aromatic hydroxyl groups is 2. The molecule has 0 radical (unpaired) electrons. The van der Waals surface area contributed by atoms with E-state index in [0.717, 1.165) is 5.56 Å². The lowest BCUT2D eigenvalue weighted by molar-refractivity contribution is -0.205. The molecule has 0 aliphatic rings. The molecule has 10 heteroatoms. The molecule has 1 unspecified atom stereocenters. The number of aromatic nitrogens is 2. The van der Waals surface area contributed by atoms with Crippen molar-refractivity contribution in [2.24, 2.45) is 5.73 Å². The number of benzene rings is 3. The zero-order valence-electron chi connectivity index (χ0n) is 20.1. The average Bonchev–Trinajstić information content (AvgIpc) is 2.93. The summed E-state index contributed by atoms with van der Waals surface area (Å²) in [5.41, 5.74) is 10.2. The number of rotatable bonds is 5. The van der Waals surface area contributed by atoms with Gasteiger partial charge < -0.3 is 14.9 Å². The van der Waals surface area contributed by atoms with Gasteiger partial charge in [-0.15, -0.1) is 0 Å². The number of ether oxygens (including phenoxy) is 1. The molecular formula is C29H20F3N3O4. The van der Waals surface area contributed by atoms with E-state index in [1.807, 2.05) is 30.3 Å². The van der Waals surface area contributed by atoms with Crippen LogP contribution in [0.25, 0.3) is 44.4 Å². The van der Waals surface area contributed by atoms with E-state index in [9.17, 15) is 28.2 Å². The van der Waals surface area contributed by atoms with Crippen molar-refractivity contribution in [3.8, 4) is 45.1 Å². The molecule has 3 aromatic carbocycles. The summed E-state index contributed by atoms with van der Waals surface area (Å²) in [4.78, 5) is 20.2. The highest BCUT2D eigenvalue weighted by atomic mass is 19.4. The summed E-state index contributed by atoms with van der Waals surface area (Å²) in [6, 6.07) is 23.7. The first-order chi connectivity index (χ1) is 18.6. The largest absolute Gasteiger partial charge is 0.508 e. The van der Waals surface area contributed by atoms with Crippen LogP contribution in [0.2, 0.25) is 0 Å². The highest BCUT2D eigenvalue weighted by molar-refractivity contribution is 6.00. The second-order valence-corrected chi connectivity index (χ2v) is 8.63. The summed E-state index contributed by atoms with van der Waals surface area (Å²) in [6.45, 7) is 0. The summed E-state index contributed by atoms with van der Waals surface area (Å²) >= 11 is 0. The molecular weight excluding hydrogens is 511 g/mol. The van der Waals surface area contributed by atoms with Crippen molar-refractivity contribution in [1.82, 2.24) is 9.97 Å². The van der Waals surface area contributed by atoms with E-state index in [1.165, 1.54) is 30.5 Å². The number of fused-ring (bicyclic) bond motifs is 1. The van der Waals surface area contributed by atoms with Crippen LogP contribution in [-0.4, -0.2) is 32.3 Å². The topological polar surface area (TPSA) is 119 Å². The minimum Gasteiger partial charge on any atom is -0.508 e. The monoisotopic (exact) mass is 531 g/mol. The number of hydrogen-bond donors (Lipinski definition) is 3. The summed E-state index contributed by atoms with van der Waals surface area (Å²) in [5, 5.41) is 20.7. The molecule has 39 heavy (non-hydrogen) atoms. The van der Waals surface area contributed by atoms with Crippen LogP contribution in [0.15, 0.2) is 91.1 Å². The Morgan fingerprint density at radius 3 is 2.10 bits per heavy atom. The Morgan fingerprint density at radius 2 is 1.46 bits per heavy atom. The zero-order chi connectivity index (χ0) is 27.7. The van der Waals surface area contributed by atoms with Gasteiger partial charge in [0.15, 0.2) is 6.23 Å². The fourth-order valence-corrected chi connectivity index (χ4v) is 4.14. The predicted molar refractivity (Wildman–Crippen MR) is 138 cm³/mol. The summed E-state index contributed by atoms with van der Waals surface area (Å²) in [6.07, 6.45) is -5.29. The number of nitrogens with two attached hydrogens (primary N) is 1. The molecule has 0 saturated heterocycles. The van der Waals surface area contributed by atoms with E-state index in [-0.39, 0.29) is 17.2 Å². The Balaban J connectivity index is 1.65. The van der Waals surface area contributed by atoms with Crippen molar-refractivity contribution in [3.63, 3.8) is 0 Å². The molecule has 0 bridgehead atoms. The molecule has 0 spiro atoms. The first-order valence-electron chi connectivity index (χ1n) is 11.6. The molecule has 0 fully saturated rings. The van der Waals surface area contributed by atoms with Gasteiger partial charge in [-0.05, 0) is 29.3 Å².